The number of amides is 2. The van der Waals surface area contributed by atoms with Crippen molar-refractivity contribution in [1.29, 1.82) is 0 Å². The quantitative estimate of drug-likeness (QED) is 0.666. The van der Waals surface area contributed by atoms with Crippen LogP contribution >= 0.6 is 0 Å². The lowest BCUT2D eigenvalue weighted by Crippen LogP contribution is -2.53. The Morgan fingerprint density at radius 2 is 1.89 bits per heavy atom. The maximum Gasteiger partial charge on any atom is 0.417 e. The second-order valence-corrected chi connectivity index (χ2v) is 6.39. The summed E-state index contributed by atoms with van der Waals surface area (Å²) in [6, 6.07) is 0.0786. The number of rotatable bonds is 0. The Hall–Kier alpha value is -1.06. The highest BCUT2D eigenvalue weighted by Gasteiger charge is 2.42. The zero-order chi connectivity index (χ0) is 13.3. The van der Waals surface area contributed by atoms with Crippen molar-refractivity contribution < 1.29 is 14.3 Å². The molecule has 2 fully saturated rings. The van der Waals surface area contributed by atoms with Gasteiger partial charge in [0.2, 0.25) is 5.91 Å². The molecule has 4 heteroatoms. The first-order chi connectivity index (χ1) is 8.38. The molecule has 0 bridgehead atoms. The van der Waals surface area contributed by atoms with E-state index in [2.05, 4.69) is 0 Å². The normalized spacial score (nSPS) is 28.8. The average Bonchev–Trinajstić information content (AvgIpc) is 2.26. The summed E-state index contributed by atoms with van der Waals surface area (Å²) < 4.78 is 5.36. The van der Waals surface area contributed by atoms with Crippen molar-refractivity contribution in [3.63, 3.8) is 0 Å². The van der Waals surface area contributed by atoms with Crippen molar-refractivity contribution in [2.45, 2.75) is 70.9 Å². The highest BCUT2D eigenvalue weighted by Crippen LogP contribution is 2.36. The van der Waals surface area contributed by atoms with Gasteiger partial charge in [0.15, 0.2) is 0 Å². The molecule has 2 atom stereocenters. The van der Waals surface area contributed by atoms with Crippen LogP contribution < -0.4 is 0 Å². The molecule has 0 spiro atoms. The Balaban J connectivity index is 2.12. The maximum atomic E-state index is 12.2. The van der Waals surface area contributed by atoms with E-state index < -0.39 is 11.7 Å². The molecule has 102 valence electrons. The average molecular weight is 253 g/mol. The van der Waals surface area contributed by atoms with Crippen molar-refractivity contribution in [2.24, 2.45) is 5.92 Å². The molecular formula is C14H23NO3. The fraction of sp³-hybridized carbons (Fsp3) is 0.857. The number of likely N-dealkylation sites (tertiary alicyclic amines) is 1. The third kappa shape index (κ3) is 2.85. The summed E-state index contributed by atoms with van der Waals surface area (Å²) in [6.45, 7) is 5.49. The molecule has 1 aliphatic heterocycles. The van der Waals surface area contributed by atoms with Gasteiger partial charge in [-0.25, -0.2) is 9.69 Å². The van der Waals surface area contributed by atoms with Gasteiger partial charge in [-0.15, -0.1) is 0 Å². The highest BCUT2D eigenvalue weighted by molar-refractivity contribution is 5.93. The molecule has 18 heavy (non-hydrogen) atoms. The molecule has 2 unspecified atom stereocenters. The van der Waals surface area contributed by atoms with Crippen LogP contribution in [0.15, 0.2) is 0 Å². The highest BCUT2D eigenvalue weighted by atomic mass is 16.6. The number of hydrogen-bond donors (Lipinski definition) is 0. The summed E-state index contributed by atoms with van der Waals surface area (Å²) in [6.07, 6.45) is 5.37. The van der Waals surface area contributed by atoms with Gasteiger partial charge in [0.1, 0.15) is 5.60 Å². The van der Waals surface area contributed by atoms with Crippen LogP contribution in [0.4, 0.5) is 4.79 Å². The van der Waals surface area contributed by atoms with Crippen molar-refractivity contribution in [2.75, 3.05) is 0 Å². The maximum absolute atomic E-state index is 12.2. The van der Waals surface area contributed by atoms with E-state index in [0.717, 1.165) is 25.7 Å². The Bertz CT molecular complexity index is 345. The van der Waals surface area contributed by atoms with Crippen LogP contribution in [0.5, 0.6) is 0 Å². The number of nitrogens with zero attached hydrogens (tertiary/aromatic N) is 1. The summed E-state index contributed by atoms with van der Waals surface area (Å²) in [7, 11) is 0. The lowest BCUT2D eigenvalue weighted by Gasteiger charge is -2.42. The largest absolute Gasteiger partial charge is 0.443 e. The van der Waals surface area contributed by atoms with Gasteiger partial charge >= 0.3 is 6.09 Å². The molecule has 1 heterocycles. The van der Waals surface area contributed by atoms with Crippen LogP contribution in [0.2, 0.25) is 0 Å². The van der Waals surface area contributed by atoms with Crippen LogP contribution in [0, 0.1) is 5.92 Å². The predicted molar refractivity (Wildman–Crippen MR) is 68.1 cm³/mol. The van der Waals surface area contributed by atoms with Crippen molar-refractivity contribution in [3.05, 3.63) is 0 Å². The molecule has 0 aromatic heterocycles. The lowest BCUT2D eigenvalue weighted by atomic mass is 9.78. The summed E-state index contributed by atoms with van der Waals surface area (Å²) in [5, 5.41) is 0. The first-order valence-corrected chi connectivity index (χ1v) is 6.93. The van der Waals surface area contributed by atoms with Crippen LogP contribution in [0.3, 0.4) is 0 Å². The smallest absolute Gasteiger partial charge is 0.417 e. The van der Waals surface area contributed by atoms with Crippen molar-refractivity contribution >= 4 is 12.0 Å². The molecule has 1 saturated heterocycles. The zero-order valence-corrected chi connectivity index (χ0v) is 11.6. The van der Waals surface area contributed by atoms with Crippen LogP contribution in [0.25, 0.3) is 0 Å². The standard InChI is InChI=1S/C14H23NO3/c1-14(2,3)18-13(17)15-11-7-5-4-6-10(11)8-9-12(15)16/h10-11H,4-9H2,1-3H3. The van der Waals surface area contributed by atoms with Gasteiger partial charge in [-0.05, 0) is 46.0 Å². The second-order valence-electron chi connectivity index (χ2n) is 6.39. The Kier molecular flexibility index (Phi) is 3.64. The van der Waals surface area contributed by atoms with Gasteiger partial charge in [-0.2, -0.15) is 0 Å². The van der Waals surface area contributed by atoms with E-state index in [1.165, 1.54) is 11.3 Å². The number of imide groups is 1. The fourth-order valence-electron chi connectivity index (χ4n) is 3.03. The fourth-order valence-corrected chi connectivity index (χ4v) is 3.03. The molecule has 4 nitrogen and oxygen atoms in total. The van der Waals surface area contributed by atoms with Crippen LogP contribution in [-0.2, 0) is 9.53 Å². The van der Waals surface area contributed by atoms with E-state index in [1.54, 1.807) is 0 Å². The number of fused-ring (bicyclic) bond motifs is 1. The number of piperidine rings is 1. The summed E-state index contributed by atoms with van der Waals surface area (Å²) in [5.41, 5.74) is -0.543. The van der Waals surface area contributed by atoms with Crippen LogP contribution in [-0.4, -0.2) is 28.5 Å². The van der Waals surface area contributed by atoms with E-state index in [9.17, 15) is 9.59 Å². The lowest BCUT2D eigenvalue weighted by molar-refractivity contribution is -0.138. The molecule has 0 N–H and O–H groups in total. The van der Waals surface area contributed by atoms with Gasteiger partial charge in [0.25, 0.3) is 0 Å². The SMILES string of the molecule is CC(C)(C)OC(=O)N1C(=O)CCC2CCCCC21. The molecular weight excluding hydrogens is 230 g/mol. The van der Waals surface area contributed by atoms with E-state index in [1.807, 2.05) is 20.8 Å². The second kappa shape index (κ2) is 4.90. The minimum Gasteiger partial charge on any atom is -0.443 e. The summed E-state index contributed by atoms with van der Waals surface area (Å²) in [5.74, 6) is 0.427. The number of ether oxygens (including phenoxy) is 1. The summed E-state index contributed by atoms with van der Waals surface area (Å²) in [4.78, 5) is 25.6. The van der Waals surface area contributed by atoms with Gasteiger partial charge in [0.05, 0.1) is 0 Å². The van der Waals surface area contributed by atoms with Crippen molar-refractivity contribution in [3.8, 4) is 0 Å². The molecule has 0 aromatic carbocycles. The molecule has 2 amide bonds. The van der Waals surface area contributed by atoms with E-state index in [4.69, 9.17) is 4.74 Å². The van der Waals surface area contributed by atoms with E-state index in [0.29, 0.717) is 12.3 Å². The van der Waals surface area contributed by atoms with Gasteiger partial charge in [-0.3, -0.25) is 4.79 Å². The predicted octanol–water partition coefficient (Wildman–Crippen LogP) is 3.10. The van der Waals surface area contributed by atoms with E-state index in [-0.39, 0.29) is 11.9 Å². The van der Waals surface area contributed by atoms with Gasteiger partial charge in [0, 0.05) is 12.5 Å². The molecule has 2 aliphatic rings. The number of carbonyl (C=O) groups excluding carboxylic acids is 2. The molecule has 2 rings (SSSR count). The number of hydrogen-bond acceptors (Lipinski definition) is 3. The van der Waals surface area contributed by atoms with E-state index >= 15 is 0 Å². The zero-order valence-electron chi connectivity index (χ0n) is 11.6. The third-order valence-electron chi connectivity index (χ3n) is 3.79. The molecule has 1 aliphatic carbocycles. The molecule has 0 radical (unpaired) electrons. The summed E-state index contributed by atoms with van der Waals surface area (Å²) >= 11 is 0. The van der Waals surface area contributed by atoms with Gasteiger partial charge < -0.3 is 4.74 Å². The van der Waals surface area contributed by atoms with Crippen molar-refractivity contribution in [1.82, 2.24) is 4.90 Å². The third-order valence-corrected chi connectivity index (χ3v) is 3.79. The first-order valence-electron chi connectivity index (χ1n) is 6.93. The minimum atomic E-state index is -0.543. The topological polar surface area (TPSA) is 46.6 Å². The Morgan fingerprint density at radius 3 is 2.56 bits per heavy atom. The van der Waals surface area contributed by atoms with Crippen LogP contribution in [0.1, 0.15) is 59.3 Å². The van der Waals surface area contributed by atoms with Gasteiger partial charge in [-0.1, -0.05) is 12.8 Å². The minimum absolute atomic E-state index is 0.0626. The molecule has 1 saturated carbocycles. The first kappa shape index (κ1) is 13.4. The Labute approximate surface area is 109 Å². The molecule has 0 aromatic rings. The Morgan fingerprint density at radius 1 is 1.22 bits per heavy atom. The monoisotopic (exact) mass is 253 g/mol. The number of carbonyl (C=O) groups is 2.